The fourth-order valence-electron chi connectivity index (χ4n) is 2.72. The van der Waals surface area contributed by atoms with E-state index in [0.717, 1.165) is 11.1 Å². The van der Waals surface area contributed by atoms with Crippen molar-refractivity contribution in [3.05, 3.63) is 65.2 Å². The lowest BCUT2D eigenvalue weighted by Gasteiger charge is -2.25. The number of amides is 1. The third-order valence-corrected chi connectivity index (χ3v) is 3.63. The van der Waals surface area contributed by atoms with E-state index in [0.29, 0.717) is 12.0 Å². The van der Waals surface area contributed by atoms with Crippen molar-refractivity contribution in [1.29, 1.82) is 0 Å². The summed E-state index contributed by atoms with van der Waals surface area (Å²) in [5.41, 5.74) is 2.20. The summed E-state index contributed by atoms with van der Waals surface area (Å²) in [5.74, 6) is 0.114. The summed E-state index contributed by atoms with van der Waals surface area (Å²) in [6, 6.07) is 14.9. The van der Waals surface area contributed by atoms with Crippen LogP contribution in [0.3, 0.4) is 0 Å². The van der Waals surface area contributed by atoms with Crippen LogP contribution in [0.25, 0.3) is 0 Å². The molecule has 0 bridgehead atoms. The molecule has 0 radical (unpaired) electrons. The minimum Gasteiger partial charge on any atom is -0.508 e. The Bertz CT molecular complexity index is 636. The average molecular weight is 253 g/mol. The number of rotatable bonds is 2. The summed E-state index contributed by atoms with van der Waals surface area (Å²) in [5, 5.41) is 12.7. The first-order valence-electron chi connectivity index (χ1n) is 6.28. The van der Waals surface area contributed by atoms with Gasteiger partial charge in [0, 0.05) is 5.56 Å². The Kier molecular flexibility index (Phi) is 2.56. The predicted octanol–water partition coefficient (Wildman–Crippen LogP) is 2.59. The molecule has 0 spiro atoms. The molecule has 2 N–H and O–H groups in total. The summed E-state index contributed by atoms with van der Waals surface area (Å²) in [4.78, 5) is 12.0. The SMILES string of the molecule is CC1(Cc2ccccc2)NC(=O)c2ccc(O)cc21. The largest absolute Gasteiger partial charge is 0.508 e. The second kappa shape index (κ2) is 4.12. The molecule has 19 heavy (non-hydrogen) atoms. The van der Waals surface area contributed by atoms with Crippen LogP contribution in [0.5, 0.6) is 5.75 Å². The van der Waals surface area contributed by atoms with E-state index in [1.54, 1.807) is 18.2 Å². The second-order valence-electron chi connectivity index (χ2n) is 5.18. The number of carbonyl (C=O) groups excluding carboxylic acids is 1. The average Bonchev–Trinajstić information content (AvgIpc) is 2.62. The van der Waals surface area contributed by atoms with Gasteiger partial charge < -0.3 is 10.4 Å². The van der Waals surface area contributed by atoms with Gasteiger partial charge in [0.1, 0.15) is 5.75 Å². The number of phenolic OH excluding ortho intramolecular Hbond substituents is 1. The van der Waals surface area contributed by atoms with Crippen molar-refractivity contribution in [2.75, 3.05) is 0 Å². The first-order valence-corrected chi connectivity index (χ1v) is 6.28. The van der Waals surface area contributed by atoms with Crippen LogP contribution >= 0.6 is 0 Å². The molecular formula is C16H15NO2. The van der Waals surface area contributed by atoms with Crippen LogP contribution < -0.4 is 5.32 Å². The van der Waals surface area contributed by atoms with Crippen molar-refractivity contribution < 1.29 is 9.90 Å². The number of aromatic hydroxyl groups is 1. The van der Waals surface area contributed by atoms with Gasteiger partial charge in [0.05, 0.1) is 5.54 Å². The molecule has 0 aliphatic carbocycles. The zero-order chi connectivity index (χ0) is 13.5. The third-order valence-electron chi connectivity index (χ3n) is 3.63. The Balaban J connectivity index is 2.03. The molecule has 3 heteroatoms. The van der Waals surface area contributed by atoms with Crippen molar-refractivity contribution in [3.63, 3.8) is 0 Å². The highest BCUT2D eigenvalue weighted by atomic mass is 16.3. The molecule has 1 aliphatic heterocycles. The normalized spacial score (nSPS) is 21.0. The number of hydrogen-bond donors (Lipinski definition) is 2. The van der Waals surface area contributed by atoms with E-state index in [-0.39, 0.29) is 11.7 Å². The lowest BCUT2D eigenvalue weighted by Crippen LogP contribution is -2.38. The van der Waals surface area contributed by atoms with E-state index in [1.807, 2.05) is 37.3 Å². The quantitative estimate of drug-likeness (QED) is 0.864. The van der Waals surface area contributed by atoms with Crippen molar-refractivity contribution in [2.24, 2.45) is 0 Å². The van der Waals surface area contributed by atoms with E-state index >= 15 is 0 Å². The van der Waals surface area contributed by atoms with Crippen molar-refractivity contribution in [3.8, 4) is 5.75 Å². The third kappa shape index (κ3) is 1.97. The first-order chi connectivity index (χ1) is 9.08. The highest BCUT2D eigenvalue weighted by molar-refractivity contribution is 6.00. The van der Waals surface area contributed by atoms with Crippen LogP contribution in [-0.4, -0.2) is 11.0 Å². The molecule has 1 aliphatic rings. The summed E-state index contributed by atoms with van der Waals surface area (Å²) >= 11 is 0. The first kappa shape index (κ1) is 11.8. The van der Waals surface area contributed by atoms with Crippen LogP contribution in [0.2, 0.25) is 0 Å². The fourth-order valence-corrected chi connectivity index (χ4v) is 2.72. The molecule has 96 valence electrons. The molecule has 2 aromatic rings. The van der Waals surface area contributed by atoms with E-state index < -0.39 is 5.54 Å². The van der Waals surface area contributed by atoms with Gasteiger partial charge in [-0.15, -0.1) is 0 Å². The molecule has 1 heterocycles. The van der Waals surface area contributed by atoms with Crippen LogP contribution in [0.15, 0.2) is 48.5 Å². The Morgan fingerprint density at radius 1 is 1.16 bits per heavy atom. The molecule has 0 saturated carbocycles. The lowest BCUT2D eigenvalue weighted by atomic mass is 9.86. The highest BCUT2D eigenvalue weighted by Gasteiger charge is 2.39. The molecule has 1 unspecified atom stereocenters. The number of nitrogens with one attached hydrogen (secondary N) is 1. The zero-order valence-electron chi connectivity index (χ0n) is 10.7. The summed E-state index contributed by atoms with van der Waals surface area (Å²) in [7, 11) is 0. The number of phenols is 1. The van der Waals surface area contributed by atoms with Gasteiger partial charge in [-0.25, -0.2) is 0 Å². The monoisotopic (exact) mass is 253 g/mol. The van der Waals surface area contributed by atoms with Gasteiger partial charge in [-0.05, 0) is 42.7 Å². The van der Waals surface area contributed by atoms with Crippen LogP contribution in [0, 0.1) is 0 Å². The molecule has 1 amide bonds. The molecule has 0 fully saturated rings. The van der Waals surface area contributed by atoms with Crippen molar-refractivity contribution in [2.45, 2.75) is 18.9 Å². The Labute approximate surface area is 111 Å². The predicted molar refractivity (Wildman–Crippen MR) is 73.1 cm³/mol. The Hall–Kier alpha value is -2.29. The summed E-state index contributed by atoms with van der Waals surface area (Å²) < 4.78 is 0. The van der Waals surface area contributed by atoms with E-state index in [2.05, 4.69) is 5.32 Å². The molecule has 0 aromatic heterocycles. The van der Waals surface area contributed by atoms with E-state index in [4.69, 9.17) is 0 Å². The van der Waals surface area contributed by atoms with Crippen molar-refractivity contribution >= 4 is 5.91 Å². The van der Waals surface area contributed by atoms with Gasteiger partial charge in [0.15, 0.2) is 0 Å². The van der Waals surface area contributed by atoms with E-state index in [1.165, 1.54) is 0 Å². The van der Waals surface area contributed by atoms with Gasteiger partial charge >= 0.3 is 0 Å². The maximum atomic E-state index is 12.0. The van der Waals surface area contributed by atoms with Gasteiger partial charge in [-0.3, -0.25) is 4.79 Å². The van der Waals surface area contributed by atoms with Gasteiger partial charge in [0.25, 0.3) is 5.91 Å². The van der Waals surface area contributed by atoms with E-state index in [9.17, 15) is 9.90 Å². The molecule has 3 rings (SSSR count). The lowest BCUT2D eigenvalue weighted by molar-refractivity contribution is 0.0935. The Morgan fingerprint density at radius 3 is 2.63 bits per heavy atom. The molecule has 2 aromatic carbocycles. The number of benzene rings is 2. The smallest absolute Gasteiger partial charge is 0.252 e. The standard InChI is InChI=1S/C16H15NO2/c1-16(10-11-5-3-2-4-6-11)14-9-12(18)7-8-13(14)15(19)17-16/h2-9,18H,10H2,1H3,(H,17,19). The molecule has 3 nitrogen and oxygen atoms in total. The summed E-state index contributed by atoms with van der Waals surface area (Å²) in [6.07, 6.45) is 0.704. The second-order valence-corrected chi connectivity index (χ2v) is 5.18. The molecule has 1 atom stereocenters. The van der Waals surface area contributed by atoms with Gasteiger partial charge in [0.2, 0.25) is 0 Å². The van der Waals surface area contributed by atoms with Gasteiger partial charge in [-0.1, -0.05) is 30.3 Å². The minimum absolute atomic E-state index is 0.0755. The molecular weight excluding hydrogens is 238 g/mol. The maximum absolute atomic E-state index is 12.0. The Morgan fingerprint density at radius 2 is 1.89 bits per heavy atom. The van der Waals surface area contributed by atoms with Crippen molar-refractivity contribution in [1.82, 2.24) is 5.32 Å². The summed E-state index contributed by atoms with van der Waals surface area (Å²) in [6.45, 7) is 1.99. The molecule has 0 saturated heterocycles. The highest BCUT2D eigenvalue weighted by Crippen LogP contribution is 2.35. The van der Waals surface area contributed by atoms with Crippen LogP contribution in [0.1, 0.15) is 28.4 Å². The van der Waals surface area contributed by atoms with Gasteiger partial charge in [-0.2, -0.15) is 0 Å². The zero-order valence-corrected chi connectivity index (χ0v) is 10.7. The number of hydrogen-bond acceptors (Lipinski definition) is 2. The number of fused-ring (bicyclic) bond motifs is 1. The maximum Gasteiger partial charge on any atom is 0.252 e. The van der Waals surface area contributed by atoms with Crippen LogP contribution in [0.4, 0.5) is 0 Å². The fraction of sp³-hybridized carbons (Fsp3) is 0.188. The number of carbonyl (C=O) groups is 1. The minimum atomic E-state index is -0.466. The van der Waals surface area contributed by atoms with Crippen LogP contribution in [-0.2, 0) is 12.0 Å². The topological polar surface area (TPSA) is 49.3 Å².